The zero-order chi connectivity index (χ0) is 21.2. The van der Waals surface area contributed by atoms with E-state index in [0.717, 1.165) is 41.3 Å². The van der Waals surface area contributed by atoms with Gasteiger partial charge in [-0.1, -0.05) is 24.3 Å². The Morgan fingerprint density at radius 3 is 2.87 bits per heavy atom. The molecule has 0 spiro atoms. The normalized spacial score (nSPS) is 19.7. The lowest BCUT2D eigenvalue weighted by atomic mass is 10.1. The maximum absolute atomic E-state index is 8.36. The summed E-state index contributed by atoms with van der Waals surface area (Å²) in [4.78, 5) is 15.2. The molecule has 6 rings (SSSR count). The number of fused-ring (bicyclic) bond motifs is 4. The van der Waals surface area contributed by atoms with Gasteiger partial charge in [0.25, 0.3) is 6.47 Å². The van der Waals surface area contributed by atoms with Gasteiger partial charge in [0.2, 0.25) is 5.88 Å². The highest BCUT2D eigenvalue weighted by molar-refractivity contribution is 5.71. The fraction of sp³-hybridized carbons (Fsp3) is 0.280. The van der Waals surface area contributed by atoms with Crippen LogP contribution < -0.4 is 14.4 Å². The Kier molecular flexibility index (Phi) is 5.20. The largest absolute Gasteiger partial charge is 0.490 e. The van der Waals surface area contributed by atoms with Crippen molar-refractivity contribution in [2.75, 3.05) is 18.1 Å². The van der Waals surface area contributed by atoms with E-state index in [4.69, 9.17) is 19.4 Å². The van der Waals surface area contributed by atoms with Crippen LogP contribution in [0.1, 0.15) is 29.0 Å². The lowest BCUT2D eigenvalue weighted by molar-refractivity contribution is -0.122. The van der Waals surface area contributed by atoms with Gasteiger partial charge in [-0.05, 0) is 65.6 Å². The van der Waals surface area contributed by atoms with Crippen molar-refractivity contribution < 1.29 is 19.4 Å². The summed E-state index contributed by atoms with van der Waals surface area (Å²) in [6, 6.07) is 18.9. The standard InChI is InChI=1S/C24H22N2O2.CH2O2/c1-2-4-19(5-3-1)26-8-9-27-23-7-6-16(10-22(23)26)15-28-24-13-18-11-17-12-20(17)21(18)14-25-24;2-1-3/h1-7,10,13-14,17,20H,8-9,11-12,15H2;1H,(H,2,3). The van der Waals surface area contributed by atoms with E-state index < -0.39 is 0 Å². The number of carboxylic acid groups (broad SMARTS) is 1. The van der Waals surface area contributed by atoms with E-state index in [1.54, 1.807) is 0 Å². The predicted octanol–water partition coefficient (Wildman–Crippen LogP) is 4.55. The van der Waals surface area contributed by atoms with Crippen molar-refractivity contribution in [2.45, 2.75) is 25.4 Å². The highest BCUT2D eigenvalue weighted by Crippen LogP contribution is 2.56. The predicted molar refractivity (Wildman–Crippen MR) is 117 cm³/mol. The SMILES string of the molecule is O=CO.c1ccc(N2CCOc3ccc(COc4cc5c(cn4)C4CC4C5)cc32)cc1. The van der Waals surface area contributed by atoms with Crippen molar-refractivity contribution >= 4 is 17.8 Å². The molecule has 31 heavy (non-hydrogen) atoms. The van der Waals surface area contributed by atoms with Crippen LogP contribution in [0.4, 0.5) is 11.4 Å². The van der Waals surface area contributed by atoms with Gasteiger partial charge < -0.3 is 19.5 Å². The van der Waals surface area contributed by atoms with E-state index in [9.17, 15) is 0 Å². The Morgan fingerprint density at radius 1 is 1.19 bits per heavy atom. The highest BCUT2D eigenvalue weighted by Gasteiger charge is 2.45. The third-order valence-corrected chi connectivity index (χ3v) is 6.14. The number of rotatable bonds is 4. The first-order chi connectivity index (χ1) is 15.3. The number of ether oxygens (including phenoxy) is 2. The molecule has 0 amide bonds. The molecular weight excluding hydrogens is 392 g/mol. The van der Waals surface area contributed by atoms with Crippen LogP contribution in [0.3, 0.4) is 0 Å². The third-order valence-electron chi connectivity index (χ3n) is 6.14. The van der Waals surface area contributed by atoms with E-state index >= 15 is 0 Å². The van der Waals surface area contributed by atoms with E-state index in [0.29, 0.717) is 13.2 Å². The average Bonchev–Trinajstić information content (AvgIpc) is 3.49. The second-order valence-corrected chi connectivity index (χ2v) is 8.06. The number of hydrogen-bond acceptors (Lipinski definition) is 5. The molecule has 158 valence electrons. The van der Waals surface area contributed by atoms with Crippen molar-refractivity contribution in [3.8, 4) is 11.6 Å². The number of nitrogens with zero attached hydrogens (tertiary/aromatic N) is 2. The van der Waals surface area contributed by atoms with Gasteiger partial charge >= 0.3 is 0 Å². The number of hydrogen-bond donors (Lipinski definition) is 1. The summed E-state index contributed by atoms with van der Waals surface area (Å²) < 4.78 is 11.9. The minimum Gasteiger partial charge on any atom is -0.490 e. The summed E-state index contributed by atoms with van der Waals surface area (Å²) in [6.07, 6.45) is 4.57. The molecule has 2 atom stereocenters. The highest BCUT2D eigenvalue weighted by atomic mass is 16.5. The fourth-order valence-electron chi connectivity index (χ4n) is 4.60. The van der Waals surface area contributed by atoms with Crippen molar-refractivity contribution in [2.24, 2.45) is 5.92 Å². The second-order valence-electron chi connectivity index (χ2n) is 8.06. The Balaban J connectivity index is 0.000000646. The van der Waals surface area contributed by atoms with Gasteiger partial charge in [-0.2, -0.15) is 0 Å². The Hall–Kier alpha value is -3.54. The minimum atomic E-state index is -0.250. The summed E-state index contributed by atoms with van der Waals surface area (Å²) in [6.45, 7) is 1.80. The van der Waals surface area contributed by atoms with Gasteiger partial charge in [0.1, 0.15) is 19.0 Å². The summed E-state index contributed by atoms with van der Waals surface area (Å²) in [5, 5.41) is 6.89. The molecule has 0 saturated heterocycles. The number of para-hydroxylation sites is 1. The molecule has 1 saturated carbocycles. The first-order valence-electron chi connectivity index (χ1n) is 10.5. The Morgan fingerprint density at radius 2 is 2.03 bits per heavy atom. The molecule has 1 N–H and O–H groups in total. The summed E-state index contributed by atoms with van der Waals surface area (Å²) in [5.74, 6) is 3.31. The van der Waals surface area contributed by atoms with Crippen LogP contribution in [-0.4, -0.2) is 29.7 Å². The number of aromatic nitrogens is 1. The van der Waals surface area contributed by atoms with Crippen LogP contribution in [0, 0.1) is 5.92 Å². The van der Waals surface area contributed by atoms with E-state index in [-0.39, 0.29) is 6.47 Å². The summed E-state index contributed by atoms with van der Waals surface area (Å²) in [5.41, 5.74) is 6.28. The topological polar surface area (TPSA) is 71.9 Å². The molecule has 3 aliphatic rings. The first kappa shape index (κ1) is 19.4. The van der Waals surface area contributed by atoms with E-state index in [1.807, 2.05) is 18.3 Å². The summed E-state index contributed by atoms with van der Waals surface area (Å²) >= 11 is 0. The second kappa shape index (κ2) is 8.30. The Labute approximate surface area is 181 Å². The van der Waals surface area contributed by atoms with Gasteiger partial charge in [0.15, 0.2) is 0 Å². The van der Waals surface area contributed by atoms with Crippen LogP contribution in [0.2, 0.25) is 0 Å². The van der Waals surface area contributed by atoms with Crippen LogP contribution >= 0.6 is 0 Å². The lowest BCUT2D eigenvalue weighted by Crippen LogP contribution is -2.28. The molecule has 0 bridgehead atoms. The number of anilines is 2. The number of pyridine rings is 1. The molecule has 1 aliphatic heterocycles. The van der Waals surface area contributed by atoms with Gasteiger partial charge in [0, 0.05) is 18.0 Å². The third kappa shape index (κ3) is 3.93. The van der Waals surface area contributed by atoms with Gasteiger partial charge in [-0.3, -0.25) is 4.79 Å². The average molecular weight is 416 g/mol. The van der Waals surface area contributed by atoms with Crippen molar-refractivity contribution in [1.82, 2.24) is 4.98 Å². The molecule has 1 fully saturated rings. The molecule has 2 unspecified atom stereocenters. The molecule has 1 aromatic heterocycles. The molecule has 0 radical (unpaired) electrons. The van der Waals surface area contributed by atoms with Crippen LogP contribution in [-0.2, 0) is 17.8 Å². The van der Waals surface area contributed by atoms with E-state index in [1.165, 1.54) is 29.7 Å². The van der Waals surface area contributed by atoms with Gasteiger partial charge in [-0.15, -0.1) is 0 Å². The number of carbonyl (C=O) groups is 1. The van der Waals surface area contributed by atoms with Crippen molar-refractivity contribution in [3.05, 3.63) is 77.5 Å². The monoisotopic (exact) mass is 416 g/mol. The summed E-state index contributed by atoms with van der Waals surface area (Å²) in [7, 11) is 0. The maximum Gasteiger partial charge on any atom is 0.290 e. The zero-order valence-electron chi connectivity index (χ0n) is 17.1. The van der Waals surface area contributed by atoms with E-state index in [2.05, 4.69) is 52.3 Å². The van der Waals surface area contributed by atoms with Crippen LogP contribution in [0.5, 0.6) is 11.6 Å². The zero-order valence-corrected chi connectivity index (χ0v) is 17.1. The molecule has 6 nitrogen and oxygen atoms in total. The fourth-order valence-corrected chi connectivity index (χ4v) is 4.60. The molecule has 2 heterocycles. The maximum atomic E-state index is 8.36. The number of benzene rings is 2. The molecule has 2 aromatic carbocycles. The quantitative estimate of drug-likeness (QED) is 0.629. The molecule has 6 heteroatoms. The molecular formula is C25H24N2O4. The minimum absolute atomic E-state index is 0.250. The Bertz CT molecular complexity index is 1090. The van der Waals surface area contributed by atoms with Crippen LogP contribution in [0.15, 0.2) is 60.8 Å². The molecule has 3 aromatic rings. The van der Waals surface area contributed by atoms with Crippen molar-refractivity contribution in [1.29, 1.82) is 0 Å². The first-order valence-corrected chi connectivity index (χ1v) is 10.5. The van der Waals surface area contributed by atoms with Crippen molar-refractivity contribution in [3.63, 3.8) is 0 Å². The lowest BCUT2D eigenvalue weighted by Gasteiger charge is -2.31. The van der Waals surface area contributed by atoms with Gasteiger partial charge in [0.05, 0.1) is 12.2 Å². The smallest absolute Gasteiger partial charge is 0.290 e. The van der Waals surface area contributed by atoms with Gasteiger partial charge in [-0.25, -0.2) is 4.98 Å². The molecule has 2 aliphatic carbocycles. The van der Waals surface area contributed by atoms with Crippen LogP contribution in [0.25, 0.3) is 0 Å².